The molecule has 3 aromatic rings. The SMILES string of the molecule is Cc1c(C(C)NC(=O)NCC(C)(O)c2ccco2)oc2ccccc12. The van der Waals surface area contributed by atoms with Gasteiger partial charge in [0.25, 0.3) is 0 Å². The number of furan rings is 2. The van der Waals surface area contributed by atoms with Crippen LogP contribution in [-0.2, 0) is 5.60 Å². The van der Waals surface area contributed by atoms with Gasteiger partial charge in [-0.25, -0.2) is 4.79 Å². The van der Waals surface area contributed by atoms with Crippen molar-refractivity contribution in [1.82, 2.24) is 10.6 Å². The summed E-state index contributed by atoms with van der Waals surface area (Å²) in [4.78, 5) is 12.2. The normalized spacial score (nSPS) is 14.9. The summed E-state index contributed by atoms with van der Waals surface area (Å²) in [5.74, 6) is 1.11. The molecule has 2 amide bonds. The van der Waals surface area contributed by atoms with Crippen LogP contribution in [0.2, 0.25) is 0 Å². The topological polar surface area (TPSA) is 87.6 Å². The number of fused-ring (bicyclic) bond motifs is 1. The summed E-state index contributed by atoms with van der Waals surface area (Å²) in [6.07, 6.45) is 1.48. The van der Waals surface area contributed by atoms with E-state index in [1.807, 2.05) is 38.1 Å². The fraction of sp³-hybridized carbons (Fsp3) is 0.316. The van der Waals surface area contributed by atoms with Crippen LogP contribution >= 0.6 is 0 Å². The third kappa shape index (κ3) is 3.53. The summed E-state index contributed by atoms with van der Waals surface area (Å²) in [5, 5.41) is 16.9. The first kappa shape index (κ1) is 17.1. The van der Waals surface area contributed by atoms with Crippen LogP contribution in [-0.4, -0.2) is 17.7 Å². The Labute approximate surface area is 145 Å². The molecule has 0 spiro atoms. The maximum Gasteiger partial charge on any atom is 0.315 e. The number of carbonyl (C=O) groups excluding carboxylic acids is 1. The molecule has 25 heavy (non-hydrogen) atoms. The minimum Gasteiger partial charge on any atom is -0.466 e. The molecule has 0 aliphatic carbocycles. The number of aryl methyl sites for hydroxylation is 1. The Morgan fingerprint density at radius 1 is 1.28 bits per heavy atom. The summed E-state index contributed by atoms with van der Waals surface area (Å²) in [5.41, 5.74) is 0.523. The van der Waals surface area contributed by atoms with Gasteiger partial charge in [-0.3, -0.25) is 0 Å². The van der Waals surface area contributed by atoms with Crippen molar-refractivity contribution in [2.45, 2.75) is 32.4 Å². The van der Waals surface area contributed by atoms with Crippen molar-refractivity contribution in [1.29, 1.82) is 0 Å². The molecule has 6 heteroatoms. The zero-order chi connectivity index (χ0) is 18.0. The number of hydrogen-bond donors (Lipinski definition) is 3. The third-order valence-electron chi connectivity index (χ3n) is 4.27. The second kappa shape index (κ2) is 6.64. The molecule has 0 fully saturated rings. The molecule has 0 saturated carbocycles. The first-order valence-electron chi connectivity index (χ1n) is 8.17. The third-order valence-corrected chi connectivity index (χ3v) is 4.27. The van der Waals surface area contributed by atoms with Gasteiger partial charge in [0.2, 0.25) is 0 Å². The summed E-state index contributed by atoms with van der Waals surface area (Å²) in [7, 11) is 0. The lowest BCUT2D eigenvalue weighted by Crippen LogP contribution is -2.44. The first-order valence-corrected chi connectivity index (χ1v) is 8.17. The van der Waals surface area contributed by atoms with E-state index in [-0.39, 0.29) is 18.6 Å². The van der Waals surface area contributed by atoms with Gasteiger partial charge in [-0.15, -0.1) is 0 Å². The molecule has 0 bridgehead atoms. The van der Waals surface area contributed by atoms with Gasteiger partial charge >= 0.3 is 6.03 Å². The molecule has 0 saturated heterocycles. The van der Waals surface area contributed by atoms with E-state index < -0.39 is 5.60 Å². The Morgan fingerprint density at radius 3 is 2.72 bits per heavy atom. The Kier molecular flexibility index (Phi) is 4.55. The predicted molar refractivity (Wildman–Crippen MR) is 94.2 cm³/mol. The highest BCUT2D eigenvalue weighted by atomic mass is 16.4. The summed E-state index contributed by atoms with van der Waals surface area (Å²) in [6.45, 7) is 5.44. The highest BCUT2D eigenvalue weighted by Gasteiger charge is 2.27. The molecular formula is C19H22N2O4. The van der Waals surface area contributed by atoms with Crippen LogP contribution in [0.15, 0.2) is 51.5 Å². The van der Waals surface area contributed by atoms with Gasteiger partial charge in [0.15, 0.2) is 0 Å². The Bertz CT molecular complexity index is 865. The number of benzene rings is 1. The second-order valence-corrected chi connectivity index (χ2v) is 6.39. The number of nitrogens with one attached hydrogen (secondary N) is 2. The monoisotopic (exact) mass is 342 g/mol. The summed E-state index contributed by atoms with van der Waals surface area (Å²) < 4.78 is 11.1. The minimum atomic E-state index is -1.28. The van der Waals surface area contributed by atoms with Crippen molar-refractivity contribution in [2.75, 3.05) is 6.54 Å². The van der Waals surface area contributed by atoms with Crippen molar-refractivity contribution in [3.63, 3.8) is 0 Å². The van der Waals surface area contributed by atoms with Gasteiger partial charge in [0.05, 0.1) is 18.8 Å². The molecule has 0 aliphatic heterocycles. The average molecular weight is 342 g/mol. The van der Waals surface area contributed by atoms with E-state index in [0.29, 0.717) is 11.5 Å². The van der Waals surface area contributed by atoms with E-state index in [1.165, 1.54) is 6.26 Å². The van der Waals surface area contributed by atoms with E-state index in [0.717, 1.165) is 16.5 Å². The van der Waals surface area contributed by atoms with E-state index in [2.05, 4.69) is 10.6 Å². The molecule has 0 radical (unpaired) electrons. The predicted octanol–water partition coefficient (Wildman–Crippen LogP) is 3.60. The molecule has 2 heterocycles. The number of urea groups is 1. The van der Waals surface area contributed by atoms with Crippen molar-refractivity contribution in [3.8, 4) is 0 Å². The van der Waals surface area contributed by atoms with Crippen LogP contribution < -0.4 is 10.6 Å². The smallest absolute Gasteiger partial charge is 0.315 e. The molecule has 132 valence electrons. The van der Waals surface area contributed by atoms with Gasteiger partial charge < -0.3 is 24.6 Å². The van der Waals surface area contributed by atoms with Crippen LogP contribution in [0.3, 0.4) is 0 Å². The van der Waals surface area contributed by atoms with Gasteiger partial charge in [0, 0.05) is 10.9 Å². The molecule has 0 aliphatic rings. The van der Waals surface area contributed by atoms with E-state index in [9.17, 15) is 9.90 Å². The standard InChI is InChI=1S/C19H22N2O4/c1-12-14-7-4-5-8-15(14)25-17(12)13(2)21-18(22)20-11-19(3,23)16-9-6-10-24-16/h4-10,13,23H,11H2,1-3H3,(H2,20,21,22). The molecule has 2 aromatic heterocycles. The van der Waals surface area contributed by atoms with Crippen LogP contribution in [0.5, 0.6) is 0 Å². The lowest BCUT2D eigenvalue weighted by molar-refractivity contribution is 0.0366. The van der Waals surface area contributed by atoms with Crippen molar-refractivity contribution in [2.24, 2.45) is 0 Å². The molecule has 2 atom stereocenters. The van der Waals surface area contributed by atoms with Gasteiger partial charge in [-0.2, -0.15) is 0 Å². The zero-order valence-electron chi connectivity index (χ0n) is 14.5. The number of hydrogen-bond acceptors (Lipinski definition) is 4. The fourth-order valence-corrected chi connectivity index (χ4v) is 2.84. The lowest BCUT2D eigenvalue weighted by atomic mass is 10.0. The van der Waals surface area contributed by atoms with E-state index >= 15 is 0 Å². The maximum absolute atomic E-state index is 12.2. The molecule has 3 N–H and O–H groups in total. The summed E-state index contributed by atoms with van der Waals surface area (Å²) >= 11 is 0. The Hall–Kier alpha value is -2.73. The lowest BCUT2D eigenvalue weighted by Gasteiger charge is -2.22. The molecule has 1 aromatic carbocycles. The van der Waals surface area contributed by atoms with Crippen LogP contribution in [0.25, 0.3) is 11.0 Å². The number of aliphatic hydroxyl groups is 1. The molecule has 2 unspecified atom stereocenters. The second-order valence-electron chi connectivity index (χ2n) is 6.39. The van der Waals surface area contributed by atoms with Crippen LogP contribution in [0.4, 0.5) is 4.79 Å². The molecule has 6 nitrogen and oxygen atoms in total. The highest BCUT2D eigenvalue weighted by Crippen LogP contribution is 2.29. The fourth-order valence-electron chi connectivity index (χ4n) is 2.84. The Morgan fingerprint density at radius 2 is 2.04 bits per heavy atom. The quantitative estimate of drug-likeness (QED) is 0.661. The van der Waals surface area contributed by atoms with E-state index in [1.54, 1.807) is 19.1 Å². The summed E-state index contributed by atoms with van der Waals surface area (Å²) in [6, 6.07) is 10.4. The molecular weight excluding hydrogens is 320 g/mol. The van der Waals surface area contributed by atoms with Gasteiger partial charge in [-0.1, -0.05) is 18.2 Å². The van der Waals surface area contributed by atoms with Crippen LogP contribution in [0, 0.1) is 6.92 Å². The van der Waals surface area contributed by atoms with Crippen molar-refractivity contribution in [3.05, 3.63) is 59.7 Å². The van der Waals surface area contributed by atoms with Crippen molar-refractivity contribution < 1.29 is 18.7 Å². The largest absolute Gasteiger partial charge is 0.466 e. The number of rotatable bonds is 5. The van der Waals surface area contributed by atoms with Crippen LogP contribution in [0.1, 0.15) is 37.0 Å². The first-order chi connectivity index (χ1) is 11.9. The van der Waals surface area contributed by atoms with Gasteiger partial charge in [0.1, 0.15) is 22.7 Å². The Balaban J connectivity index is 1.63. The average Bonchev–Trinajstić information content (AvgIpc) is 3.22. The highest BCUT2D eigenvalue weighted by molar-refractivity contribution is 5.82. The van der Waals surface area contributed by atoms with E-state index in [4.69, 9.17) is 8.83 Å². The van der Waals surface area contributed by atoms with Gasteiger partial charge in [-0.05, 0) is 39.0 Å². The number of amides is 2. The van der Waals surface area contributed by atoms with Crippen molar-refractivity contribution >= 4 is 17.0 Å². The maximum atomic E-state index is 12.2. The zero-order valence-corrected chi connectivity index (χ0v) is 14.5. The molecule has 3 rings (SSSR count). The number of carbonyl (C=O) groups is 1. The minimum absolute atomic E-state index is 0.0260. The number of para-hydroxylation sites is 1.